The lowest BCUT2D eigenvalue weighted by Gasteiger charge is -1.99. The van der Waals surface area contributed by atoms with Crippen LogP contribution in [0.3, 0.4) is 0 Å². The summed E-state index contributed by atoms with van der Waals surface area (Å²) in [5.41, 5.74) is 4.05. The van der Waals surface area contributed by atoms with Gasteiger partial charge in [0.05, 0.1) is 11.4 Å². The Morgan fingerprint density at radius 2 is 1.67 bits per heavy atom. The molecule has 3 nitrogen and oxygen atoms in total. The third-order valence-electron chi connectivity index (χ3n) is 2.88. The summed E-state index contributed by atoms with van der Waals surface area (Å²) in [6.07, 6.45) is 1.78. The molecule has 0 aliphatic heterocycles. The number of benzene rings is 1. The Morgan fingerprint density at radius 1 is 0.889 bits per heavy atom. The molecule has 2 heterocycles. The third-order valence-corrected chi connectivity index (χ3v) is 2.88. The summed E-state index contributed by atoms with van der Waals surface area (Å²) in [5.74, 6) is 0. The molecule has 2 aromatic heterocycles. The van der Waals surface area contributed by atoms with Crippen molar-refractivity contribution in [2.24, 2.45) is 7.05 Å². The van der Waals surface area contributed by atoms with E-state index in [0.29, 0.717) is 0 Å². The van der Waals surface area contributed by atoms with E-state index in [1.165, 1.54) is 0 Å². The van der Waals surface area contributed by atoms with Gasteiger partial charge in [-0.05, 0) is 23.8 Å². The quantitative estimate of drug-likeness (QED) is 0.683. The highest BCUT2D eigenvalue weighted by atomic mass is 15.3. The predicted molar refractivity (Wildman–Crippen MR) is 71.9 cm³/mol. The zero-order chi connectivity index (χ0) is 12.4. The molecule has 0 spiro atoms. The Labute approximate surface area is 106 Å². The number of hydrogen-bond donors (Lipinski definition) is 0. The van der Waals surface area contributed by atoms with E-state index in [2.05, 4.69) is 28.3 Å². The van der Waals surface area contributed by atoms with Crippen LogP contribution in [0.25, 0.3) is 22.6 Å². The van der Waals surface area contributed by atoms with E-state index in [0.717, 1.165) is 22.6 Å². The van der Waals surface area contributed by atoms with Gasteiger partial charge in [-0.2, -0.15) is 5.10 Å². The molecule has 3 heteroatoms. The SMILES string of the molecule is Cn1nc(-c2ccccn2)cc1-c1ccccc1. The zero-order valence-electron chi connectivity index (χ0n) is 10.1. The normalized spacial score (nSPS) is 10.5. The maximum absolute atomic E-state index is 4.51. The van der Waals surface area contributed by atoms with Gasteiger partial charge in [-0.1, -0.05) is 36.4 Å². The molecule has 0 bridgehead atoms. The predicted octanol–water partition coefficient (Wildman–Crippen LogP) is 3.15. The van der Waals surface area contributed by atoms with Crippen LogP contribution in [-0.2, 0) is 7.05 Å². The first-order chi connectivity index (χ1) is 8.84. The maximum Gasteiger partial charge on any atom is 0.111 e. The van der Waals surface area contributed by atoms with Gasteiger partial charge in [-0.15, -0.1) is 0 Å². The number of aromatic nitrogens is 3. The van der Waals surface area contributed by atoms with Crippen LogP contribution in [0.15, 0.2) is 60.8 Å². The second kappa shape index (κ2) is 4.45. The van der Waals surface area contributed by atoms with Crippen LogP contribution < -0.4 is 0 Å². The van der Waals surface area contributed by atoms with Crippen molar-refractivity contribution < 1.29 is 0 Å². The summed E-state index contributed by atoms with van der Waals surface area (Å²) in [6.45, 7) is 0. The standard InChI is InChI=1S/C15H13N3/c1-18-15(12-7-3-2-4-8-12)11-14(17-18)13-9-5-6-10-16-13/h2-11H,1H3. The molecule has 3 aromatic rings. The molecule has 1 aromatic carbocycles. The fourth-order valence-electron chi connectivity index (χ4n) is 1.99. The van der Waals surface area contributed by atoms with Crippen LogP contribution in [0.1, 0.15) is 0 Å². The molecule has 0 radical (unpaired) electrons. The second-order valence-corrected chi connectivity index (χ2v) is 4.12. The van der Waals surface area contributed by atoms with E-state index in [1.54, 1.807) is 6.20 Å². The van der Waals surface area contributed by atoms with E-state index < -0.39 is 0 Å². The van der Waals surface area contributed by atoms with Gasteiger partial charge in [-0.25, -0.2) is 0 Å². The van der Waals surface area contributed by atoms with Gasteiger partial charge in [0.1, 0.15) is 5.69 Å². The van der Waals surface area contributed by atoms with Crippen LogP contribution in [0.2, 0.25) is 0 Å². The zero-order valence-corrected chi connectivity index (χ0v) is 10.1. The summed E-state index contributed by atoms with van der Waals surface area (Å²) in [6, 6.07) is 18.2. The lowest BCUT2D eigenvalue weighted by molar-refractivity contribution is 0.778. The Morgan fingerprint density at radius 3 is 2.39 bits per heavy atom. The molecule has 0 aliphatic carbocycles. The molecule has 0 atom stereocenters. The molecule has 0 N–H and O–H groups in total. The minimum absolute atomic E-state index is 0.898. The van der Waals surface area contributed by atoms with Gasteiger partial charge in [0.25, 0.3) is 0 Å². The van der Waals surface area contributed by atoms with Crippen LogP contribution >= 0.6 is 0 Å². The van der Waals surface area contributed by atoms with Crippen molar-refractivity contribution >= 4 is 0 Å². The molecule has 0 amide bonds. The topological polar surface area (TPSA) is 30.7 Å². The molecule has 0 unspecified atom stereocenters. The van der Waals surface area contributed by atoms with E-state index in [-0.39, 0.29) is 0 Å². The van der Waals surface area contributed by atoms with Crippen LogP contribution in [0.5, 0.6) is 0 Å². The summed E-state index contributed by atoms with van der Waals surface area (Å²) < 4.78 is 1.89. The van der Waals surface area contributed by atoms with Crippen molar-refractivity contribution in [3.63, 3.8) is 0 Å². The minimum atomic E-state index is 0.898. The highest BCUT2D eigenvalue weighted by molar-refractivity contribution is 5.66. The summed E-state index contributed by atoms with van der Waals surface area (Å²) >= 11 is 0. The maximum atomic E-state index is 4.51. The molecular formula is C15H13N3. The monoisotopic (exact) mass is 235 g/mol. The molecule has 0 aliphatic rings. The van der Waals surface area contributed by atoms with Gasteiger partial charge in [0.2, 0.25) is 0 Å². The highest BCUT2D eigenvalue weighted by Crippen LogP contribution is 2.23. The molecule has 18 heavy (non-hydrogen) atoms. The van der Waals surface area contributed by atoms with Crippen LogP contribution in [0, 0.1) is 0 Å². The minimum Gasteiger partial charge on any atom is -0.267 e. The number of nitrogens with zero attached hydrogens (tertiary/aromatic N) is 3. The number of aryl methyl sites for hydroxylation is 1. The van der Waals surface area contributed by atoms with Crippen LogP contribution in [0.4, 0.5) is 0 Å². The van der Waals surface area contributed by atoms with Gasteiger partial charge in [-0.3, -0.25) is 9.67 Å². The smallest absolute Gasteiger partial charge is 0.111 e. The molecular weight excluding hydrogens is 222 g/mol. The fourth-order valence-corrected chi connectivity index (χ4v) is 1.99. The van der Waals surface area contributed by atoms with E-state index in [1.807, 2.05) is 48.1 Å². The molecule has 0 saturated carbocycles. The largest absolute Gasteiger partial charge is 0.267 e. The lowest BCUT2D eigenvalue weighted by Crippen LogP contribution is -1.93. The number of hydrogen-bond acceptors (Lipinski definition) is 2. The second-order valence-electron chi connectivity index (χ2n) is 4.12. The third kappa shape index (κ3) is 1.91. The lowest BCUT2D eigenvalue weighted by atomic mass is 10.1. The van der Waals surface area contributed by atoms with Gasteiger partial charge in [0, 0.05) is 13.2 Å². The molecule has 0 saturated heterocycles. The van der Waals surface area contributed by atoms with Gasteiger partial charge in [0.15, 0.2) is 0 Å². The van der Waals surface area contributed by atoms with Gasteiger partial charge >= 0.3 is 0 Å². The first-order valence-electron chi connectivity index (χ1n) is 5.85. The van der Waals surface area contributed by atoms with Crippen molar-refractivity contribution in [3.8, 4) is 22.6 Å². The number of rotatable bonds is 2. The molecule has 3 rings (SSSR count). The van der Waals surface area contributed by atoms with Gasteiger partial charge < -0.3 is 0 Å². The Balaban J connectivity index is 2.07. The van der Waals surface area contributed by atoms with Crippen LogP contribution in [-0.4, -0.2) is 14.8 Å². The first-order valence-corrected chi connectivity index (χ1v) is 5.85. The molecule has 88 valence electrons. The Bertz CT molecular complexity index is 642. The fraction of sp³-hybridized carbons (Fsp3) is 0.0667. The average Bonchev–Trinajstić information content (AvgIpc) is 2.83. The van der Waals surface area contributed by atoms with Crippen molar-refractivity contribution in [2.75, 3.05) is 0 Å². The average molecular weight is 235 g/mol. The first kappa shape index (κ1) is 10.7. The van der Waals surface area contributed by atoms with Crippen molar-refractivity contribution in [1.82, 2.24) is 14.8 Å². The Kier molecular flexibility index (Phi) is 2.65. The summed E-state index contributed by atoms with van der Waals surface area (Å²) in [5, 5.41) is 4.51. The molecule has 0 fully saturated rings. The Hall–Kier alpha value is -2.42. The highest BCUT2D eigenvalue weighted by Gasteiger charge is 2.08. The van der Waals surface area contributed by atoms with Crippen molar-refractivity contribution in [1.29, 1.82) is 0 Å². The van der Waals surface area contributed by atoms with E-state index >= 15 is 0 Å². The summed E-state index contributed by atoms with van der Waals surface area (Å²) in [4.78, 5) is 4.32. The van der Waals surface area contributed by atoms with E-state index in [9.17, 15) is 0 Å². The summed E-state index contributed by atoms with van der Waals surface area (Å²) in [7, 11) is 1.95. The van der Waals surface area contributed by atoms with Crippen molar-refractivity contribution in [2.45, 2.75) is 0 Å². The van der Waals surface area contributed by atoms with E-state index in [4.69, 9.17) is 0 Å². The van der Waals surface area contributed by atoms with Crippen molar-refractivity contribution in [3.05, 3.63) is 60.8 Å². The number of pyridine rings is 1.